The van der Waals surface area contributed by atoms with E-state index < -0.39 is 0 Å². The van der Waals surface area contributed by atoms with Crippen LogP contribution in [0.4, 0.5) is 0 Å². The van der Waals surface area contributed by atoms with Gasteiger partial charge in [0.1, 0.15) is 0 Å². The molecule has 0 saturated carbocycles. The van der Waals surface area contributed by atoms with Crippen molar-refractivity contribution in [3.05, 3.63) is 88.4 Å². The van der Waals surface area contributed by atoms with Crippen LogP contribution in [-0.4, -0.2) is 16.7 Å². The Kier molecular flexibility index (Phi) is 3.98. The van der Waals surface area contributed by atoms with E-state index in [-0.39, 0.29) is 18.4 Å². The summed E-state index contributed by atoms with van der Waals surface area (Å²) in [6.07, 6.45) is 0. The number of nitrogens with zero attached hydrogens (tertiary/aromatic N) is 1. The van der Waals surface area contributed by atoms with E-state index in [1.54, 1.807) is 0 Å². The van der Waals surface area contributed by atoms with Gasteiger partial charge in [-0.05, 0) is 37.8 Å². The zero-order valence-electron chi connectivity index (χ0n) is 13.3. The zero-order valence-corrected chi connectivity index (χ0v) is 14.9. The topological polar surface area (TPSA) is 37.4 Å². The second-order valence-corrected chi connectivity index (χ2v) is 6.69. The van der Waals surface area contributed by atoms with E-state index in [4.69, 9.17) is 0 Å². The quantitative estimate of drug-likeness (QED) is 0.615. The molecule has 0 aliphatic carbocycles. The number of halogens is 1. The largest absolute Gasteiger partial charge is 0.269 e. The molecule has 4 rings (SSSR count). The molecule has 3 aromatic carbocycles. The van der Waals surface area contributed by atoms with Crippen LogP contribution in [0.3, 0.4) is 0 Å². The smallest absolute Gasteiger partial charge is 0.268 e. The van der Waals surface area contributed by atoms with Crippen LogP contribution in [0.25, 0.3) is 16.3 Å². The summed E-state index contributed by atoms with van der Waals surface area (Å²) in [5.41, 5.74) is 2.13. The van der Waals surface area contributed by atoms with Gasteiger partial charge < -0.3 is 0 Å². The Bertz CT molecular complexity index is 1020. The number of imide groups is 1. The van der Waals surface area contributed by atoms with Gasteiger partial charge in [-0.25, -0.2) is 0 Å². The van der Waals surface area contributed by atoms with Crippen LogP contribution in [0, 0.1) is 0 Å². The van der Waals surface area contributed by atoms with E-state index in [9.17, 15) is 9.59 Å². The molecule has 0 atom stereocenters. The summed E-state index contributed by atoms with van der Waals surface area (Å²) in [5.74, 6) is -0.561. The van der Waals surface area contributed by atoms with E-state index in [2.05, 4.69) is 15.9 Å². The number of amides is 2. The highest BCUT2D eigenvalue weighted by atomic mass is 79.9. The lowest BCUT2D eigenvalue weighted by Crippen LogP contribution is -2.30. The SMILES string of the molecule is O=C1C(Br)=C(c2cccc3ccccc23)C(=O)N1Cc1ccccc1. The molecular formula is C21H14BrNO2. The molecule has 1 aliphatic heterocycles. The van der Waals surface area contributed by atoms with Crippen molar-refractivity contribution in [2.24, 2.45) is 0 Å². The standard InChI is InChI=1S/C21H14BrNO2/c22-19-18(17-12-6-10-15-9-4-5-11-16(15)17)20(24)23(21(19)25)13-14-7-2-1-3-8-14/h1-12H,13H2. The first-order valence-corrected chi connectivity index (χ1v) is 8.74. The van der Waals surface area contributed by atoms with Gasteiger partial charge in [0.2, 0.25) is 0 Å². The summed E-state index contributed by atoms with van der Waals surface area (Å²) >= 11 is 3.35. The first kappa shape index (κ1) is 15.8. The molecule has 0 spiro atoms. The highest BCUT2D eigenvalue weighted by molar-refractivity contribution is 9.12. The van der Waals surface area contributed by atoms with Gasteiger partial charge in [0.15, 0.2) is 0 Å². The summed E-state index contributed by atoms with van der Waals surface area (Å²) < 4.78 is 0.324. The fraction of sp³-hybridized carbons (Fsp3) is 0.0476. The van der Waals surface area contributed by atoms with E-state index in [1.165, 1.54) is 4.90 Å². The van der Waals surface area contributed by atoms with Gasteiger partial charge in [0, 0.05) is 0 Å². The number of fused-ring (bicyclic) bond motifs is 1. The number of hydrogen-bond donors (Lipinski definition) is 0. The zero-order chi connectivity index (χ0) is 17.4. The lowest BCUT2D eigenvalue weighted by molar-refractivity contribution is -0.137. The molecule has 1 aliphatic rings. The molecule has 0 bridgehead atoms. The first-order valence-electron chi connectivity index (χ1n) is 7.95. The van der Waals surface area contributed by atoms with Crippen LogP contribution >= 0.6 is 15.9 Å². The van der Waals surface area contributed by atoms with Gasteiger partial charge in [0.05, 0.1) is 16.6 Å². The molecule has 0 aromatic heterocycles. The van der Waals surface area contributed by atoms with Crippen molar-refractivity contribution in [3.8, 4) is 0 Å². The molecule has 0 saturated heterocycles. The van der Waals surface area contributed by atoms with E-state index in [0.29, 0.717) is 10.1 Å². The highest BCUT2D eigenvalue weighted by Crippen LogP contribution is 2.36. The highest BCUT2D eigenvalue weighted by Gasteiger charge is 2.38. The maximum atomic E-state index is 13.0. The van der Waals surface area contributed by atoms with Crippen molar-refractivity contribution in [1.29, 1.82) is 0 Å². The van der Waals surface area contributed by atoms with Crippen LogP contribution in [0.5, 0.6) is 0 Å². The second kappa shape index (κ2) is 6.30. The molecule has 3 nitrogen and oxygen atoms in total. The predicted molar refractivity (Wildman–Crippen MR) is 102 cm³/mol. The Morgan fingerprint density at radius 2 is 1.44 bits per heavy atom. The maximum absolute atomic E-state index is 13.0. The number of carbonyl (C=O) groups is 2. The van der Waals surface area contributed by atoms with E-state index in [0.717, 1.165) is 21.9 Å². The minimum atomic E-state index is -0.295. The Labute approximate surface area is 153 Å². The molecule has 0 radical (unpaired) electrons. The minimum absolute atomic E-state index is 0.266. The summed E-state index contributed by atoms with van der Waals surface area (Å²) in [6.45, 7) is 0.266. The summed E-state index contributed by atoms with van der Waals surface area (Å²) in [6, 6.07) is 23.2. The average molecular weight is 392 g/mol. The molecule has 0 unspecified atom stereocenters. The Balaban J connectivity index is 1.77. The molecule has 4 heteroatoms. The van der Waals surface area contributed by atoms with E-state index in [1.807, 2.05) is 72.8 Å². The number of hydrogen-bond acceptors (Lipinski definition) is 2. The van der Waals surface area contributed by atoms with Gasteiger partial charge in [-0.3, -0.25) is 14.5 Å². The van der Waals surface area contributed by atoms with Crippen LogP contribution in [0.1, 0.15) is 11.1 Å². The number of carbonyl (C=O) groups excluding carboxylic acids is 2. The van der Waals surface area contributed by atoms with Crippen molar-refractivity contribution in [2.45, 2.75) is 6.54 Å². The maximum Gasteiger partial charge on any atom is 0.268 e. The molecule has 0 N–H and O–H groups in total. The number of rotatable bonds is 3. The van der Waals surface area contributed by atoms with Crippen LogP contribution < -0.4 is 0 Å². The summed E-state index contributed by atoms with van der Waals surface area (Å²) in [7, 11) is 0. The van der Waals surface area contributed by atoms with Crippen LogP contribution in [0.15, 0.2) is 77.3 Å². The molecule has 25 heavy (non-hydrogen) atoms. The number of benzene rings is 3. The molecule has 2 amide bonds. The summed E-state index contributed by atoms with van der Waals surface area (Å²) in [5, 5.41) is 1.99. The lowest BCUT2D eigenvalue weighted by atomic mass is 9.98. The van der Waals surface area contributed by atoms with Crippen LogP contribution in [0.2, 0.25) is 0 Å². The molecular weight excluding hydrogens is 378 g/mol. The molecule has 1 heterocycles. The normalized spacial score (nSPS) is 14.7. The molecule has 122 valence electrons. The van der Waals surface area contributed by atoms with Crippen molar-refractivity contribution in [2.75, 3.05) is 0 Å². The molecule has 0 fully saturated rings. The predicted octanol–water partition coefficient (Wildman–Crippen LogP) is 4.51. The van der Waals surface area contributed by atoms with E-state index >= 15 is 0 Å². The first-order chi connectivity index (χ1) is 12.2. The Morgan fingerprint density at radius 1 is 0.760 bits per heavy atom. The second-order valence-electron chi connectivity index (χ2n) is 5.90. The monoisotopic (exact) mass is 391 g/mol. The average Bonchev–Trinajstić information content (AvgIpc) is 2.86. The van der Waals surface area contributed by atoms with Gasteiger partial charge in [-0.1, -0.05) is 72.8 Å². The van der Waals surface area contributed by atoms with Crippen molar-refractivity contribution < 1.29 is 9.59 Å². The Hall–Kier alpha value is -2.72. The fourth-order valence-corrected chi connectivity index (χ4v) is 3.73. The van der Waals surface area contributed by atoms with Gasteiger partial charge in [-0.15, -0.1) is 0 Å². The summed E-state index contributed by atoms with van der Waals surface area (Å²) in [4.78, 5) is 26.9. The third-order valence-electron chi connectivity index (χ3n) is 4.35. The van der Waals surface area contributed by atoms with Crippen molar-refractivity contribution in [3.63, 3.8) is 0 Å². The Morgan fingerprint density at radius 3 is 2.24 bits per heavy atom. The van der Waals surface area contributed by atoms with Gasteiger partial charge >= 0.3 is 0 Å². The van der Waals surface area contributed by atoms with Crippen molar-refractivity contribution >= 4 is 44.1 Å². The van der Waals surface area contributed by atoms with Gasteiger partial charge in [-0.2, -0.15) is 0 Å². The fourth-order valence-electron chi connectivity index (χ4n) is 3.13. The van der Waals surface area contributed by atoms with Crippen molar-refractivity contribution in [1.82, 2.24) is 4.90 Å². The lowest BCUT2D eigenvalue weighted by Gasteiger charge is -2.15. The third kappa shape index (κ3) is 2.68. The molecule has 3 aromatic rings. The minimum Gasteiger partial charge on any atom is -0.269 e. The van der Waals surface area contributed by atoms with Gasteiger partial charge in [0.25, 0.3) is 11.8 Å². The van der Waals surface area contributed by atoms with Crippen LogP contribution in [-0.2, 0) is 16.1 Å². The third-order valence-corrected chi connectivity index (χ3v) is 5.09.